The van der Waals surface area contributed by atoms with Gasteiger partial charge in [-0.2, -0.15) is 5.10 Å². The molecule has 0 unspecified atom stereocenters. The van der Waals surface area contributed by atoms with Crippen LogP contribution in [-0.2, 0) is 6.54 Å². The molecule has 0 atom stereocenters. The van der Waals surface area contributed by atoms with Crippen molar-refractivity contribution in [3.63, 3.8) is 0 Å². The van der Waals surface area contributed by atoms with Crippen LogP contribution in [0.3, 0.4) is 0 Å². The molecule has 0 amide bonds. The van der Waals surface area contributed by atoms with E-state index in [1.807, 2.05) is 36.5 Å². The van der Waals surface area contributed by atoms with Crippen molar-refractivity contribution in [2.24, 2.45) is 0 Å². The van der Waals surface area contributed by atoms with Crippen molar-refractivity contribution in [3.8, 4) is 0 Å². The van der Waals surface area contributed by atoms with E-state index in [9.17, 15) is 0 Å². The van der Waals surface area contributed by atoms with Crippen LogP contribution in [-0.4, -0.2) is 10.2 Å². The van der Waals surface area contributed by atoms with Gasteiger partial charge >= 0.3 is 0 Å². The summed E-state index contributed by atoms with van der Waals surface area (Å²) in [6.45, 7) is 0.732. The fraction of sp³-hybridized carbons (Fsp3) is 0.0714. The van der Waals surface area contributed by atoms with Gasteiger partial charge in [-0.05, 0) is 51.8 Å². The van der Waals surface area contributed by atoms with Gasteiger partial charge in [0.25, 0.3) is 0 Å². The summed E-state index contributed by atoms with van der Waals surface area (Å²) in [4.78, 5) is 0. The van der Waals surface area contributed by atoms with Crippen molar-refractivity contribution in [1.29, 1.82) is 0 Å². The second-order valence-electron chi connectivity index (χ2n) is 4.27. The number of rotatable bonds is 3. The van der Waals surface area contributed by atoms with E-state index in [0.717, 1.165) is 38.2 Å². The van der Waals surface area contributed by atoms with Crippen molar-refractivity contribution >= 4 is 44.1 Å². The summed E-state index contributed by atoms with van der Waals surface area (Å²) in [6, 6.07) is 12.1. The quantitative estimate of drug-likeness (QED) is 0.734. The zero-order valence-electron chi connectivity index (χ0n) is 9.95. The molecule has 0 saturated heterocycles. The lowest BCUT2D eigenvalue weighted by atomic mass is 10.2. The second kappa shape index (κ2) is 5.23. The number of nitrogens with one attached hydrogen (secondary N) is 2. The van der Waals surface area contributed by atoms with Gasteiger partial charge in [0.1, 0.15) is 0 Å². The van der Waals surface area contributed by atoms with Crippen molar-refractivity contribution < 1.29 is 0 Å². The van der Waals surface area contributed by atoms with Crippen LogP contribution in [0.5, 0.6) is 0 Å². The van der Waals surface area contributed by atoms with E-state index in [0.29, 0.717) is 0 Å². The first-order valence-corrected chi connectivity index (χ1v) is 7.00. The summed E-state index contributed by atoms with van der Waals surface area (Å²) in [7, 11) is 0. The van der Waals surface area contributed by atoms with Crippen LogP contribution >= 0.6 is 27.5 Å². The summed E-state index contributed by atoms with van der Waals surface area (Å²) in [6.07, 6.45) is 1.82. The van der Waals surface area contributed by atoms with Gasteiger partial charge in [0, 0.05) is 22.1 Å². The van der Waals surface area contributed by atoms with Gasteiger partial charge in [-0.1, -0.05) is 17.7 Å². The highest BCUT2D eigenvalue weighted by Crippen LogP contribution is 2.24. The number of hydrogen-bond acceptors (Lipinski definition) is 2. The Morgan fingerprint density at radius 3 is 2.95 bits per heavy atom. The zero-order valence-corrected chi connectivity index (χ0v) is 12.3. The molecule has 1 heterocycles. The molecule has 5 heteroatoms. The molecule has 0 fully saturated rings. The predicted molar refractivity (Wildman–Crippen MR) is 82.6 cm³/mol. The molecule has 2 aromatic carbocycles. The van der Waals surface area contributed by atoms with Gasteiger partial charge in [-0.25, -0.2) is 0 Å². The topological polar surface area (TPSA) is 40.7 Å². The van der Waals surface area contributed by atoms with E-state index in [1.54, 1.807) is 0 Å². The molecular weight excluding hydrogens is 326 g/mol. The Bertz CT molecular complexity index is 724. The molecule has 2 N–H and O–H groups in total. The average Bonchev–Trinajstić information content (AvgIpc) is 2.87. The van der Waals surface area contributed by atoms with E-state index in [-0.39, 0.29) is 0 Å². The average molecular weight is 337 g/mol. The third-order valence-corrected chi connectivity index (χ3v) is 4.15. The Morgan fingerprint density at radius 2 is 2.11 bits per heavy atom. The summed E-state index contributed by atoms with van der Waals surface area (Å²) in [5, 5.41) is 12.1. The number of nitrogens with zero attached hydrogens (tertiary/aromatic N) is 1. The molecular formula is C14H11BrClN3. The number of H-pyrrole nitrogens is 1. The molecule has 3 aromatic rings. The van der Waals surface area contributed by atoms with Crippen LogP contribution in [0.2, 0.25) is 5.02 Å². The first kappa shape index (κ1) is 12.5. The summed E-state index contributed by atoms with van der Waals surface area (Å²) in [5.41, 5.74) is 3.24. The number of aromatic amines is 1. The summed E-state index contributed by atoms with van der Waals surface area (Å²) in [5.74, 6) is 0. The maximum atomic E-state index is 6.07. The van der Waals surface area contributed by atoms with Gasteiger partial charge in [0.2, 0.25) is 0 Å². The lowest BCUT2D eigenvalue weighted by molar-refractivity contribution is 1.12. The minimum Gasteiger partial charge on any atom is -0.381 e. The monoisotopic (exact) mass is 335 g/mol. The van der Waals surface area contributed by atoms with Crippen LogP contribution in [0.1, 0.15) is 5.56 Å². The molecule has 19 heavy (non-hydrogen) atoms. The predicted octanol–water partition coefficient (Wildman–Crippen LogP) is 4.59. The van der Waals surface area contributed by atoms with Gasteiger partial charge in [0.05, 0.1) is 16.7 Å². The van der Waals surface area contributed by atoms with Crippen molar-refractivity contribution in [2.45, 2.75) is 6.54 Å². The van der Waals surface area contributed by atoms with Crippen LogP contribution in [0.4, 0.5) is 5.69 Å². The molecule has 3 nitrogen and oxygen atoms in total. The molecule has 0 aliphatic carbocycles. The number of halogens is 2. The molecule has 0 aliphatic heterocycles. The molecule has 0 aliphatic rings. The lowest BCUT2D eigenvalue weighted by Gasteiger charge is -2.07. The van der Waals surface area contributed by atoms with E-state index in [2.05, 4.69) is 37.5 Å². The smallest absolute Gasteiger partial charge is 0.0651 e. The van der Waals surface area contributed by atoms with Crippen LogP contribution in [0.25, 0.3) is 10.9 Å². The van der Waals surface area contributed by atoms with Gasteiger partial charge in [-0.15, -0.1) is 0 Å². The first-order valence-electron chi connectivity index (χ1n) is 5.83. The molecule has 0 saturated carbocycles. The highest BCUT2D eigenvalue weighted by atomic mass is 79.9. The van der Waals surface area contributed by atoms with Crippen LogP contribution in [0.15, 0.2) is 47.1 Å². The molecule has 1 aromatic heterocycles. The Kier molecular flexibility index (Phi) is 3.44. The maximum absolute atomic E-state index is 6.07. The zero-order chi connectivity index (χ0) is 13.2. The fourth-order valence-electron chi connectivity index (χ4n) is 1.91. The third kappa shape index (κ3) is 2.74. The van der Waals surface area contributed by atoms with E-state index in [1.165, 1.54) is 0 Å². The van der Waals surface area contributed by atoms with Gasteiger partial charge in [-0.3, -0.25) is 5.10 Å². The SMILES string of the molecule is Clc1cc(CNc2ccc3[nH]ncc3c2)ccc1Br. The third-order valence-electron chi connectivity index (χ3n) is 2.92. The van der Waals surface area contributed by atoms with Gasteiger partial charge < -0.3 is 5.32 Å². The lowest BCUT2D eigenvalue weighted by Crippen LogP contribution is -1.99. The maximum Gasteiger partial charge on any atom is 0.0651 e. The Balaban J connectivity index is 1.75. The number of fused-ring (bicyclic) bond motifs is 1. The molecule has 3 rings (SSSR count). The number of benzene rings is 2. The van der Waals surface area contributed by atoms with E-state index < -0.39 is 0 Å². The molecule has 0 bridgehead atoms. The number of aromatic nitrogens is 2. The van der Waals surface area contributed by atoms with Gasteiger partial charge in [0.15, 0.2) is 0 Å². The minimum atomic E-state index is 0.726. The second-order valence-corrected chi connectivity index (χ2v) is 5.54. The van der Waals surface area contributed by atoms with Crippen molar-refractivity contribution in [2.75, 3.05) is 5.32 Å². The molecule has 0 radical (unpaired) electrons. The van der Waals surface area contributed by atoms with Crippen molar-refractivity contribution in [3.05, 3.63) is 57.7 Å². The van der Waals surface area contributed by atoms with E-state index >= 15 is 0 Å². The molecule has 96 valence electrons. The van der Waals surface area contributed by atoms with Crippen LogP contribution < -0.4 is 5.32 Å². The Hall–Kier alpha value is -1.52. The number of anilines is 1. The highest BCUT2D eigenvalue weighted by Gasteiger charge is 2.01. The Labute approximate surface area is 124 Å². The molecule has 0 spiro atoms. The van der Waals surface area contributed by atoms with Crippen molar-refractivity contribution in [1.82, 2.24) is 10.2 Å². The number of hydrogen-bond donors (Lipinski definition) is 2. The first-order chi connectivity index (χ1) is 9.22. The fourth-order valence-corrected chi connectivity index (χ4v) is 2.36. The normalized spacial score (nSPS) is 10.8. The summed E-state index contributed by atoms with van der Waals surface area (Å²) < 4.78 is 0.915. The Morgan fingerprint density at radius 1 is 1.21 bits per heavy atom. The van der Waals surface area contributed by atoms with Crippen LogP contribution in [0, 0.1) is 0 Å². The standard InChI is InChI=1S/C14H11BrClN3/c15-12-3-1-9(5-13(12)16)7-17-11-2-4-14-10(6-11)8-18-19-14/h1-6,8,17H,7H2,(H,18,19). The highest BCUT2D eigenvalue weighted by molar-refractivity contribution is 9.10. The summed E-state index contributed by atoms with van der Waals surface area (Å²) >= 11 is 9.46. The van der Waals surface area contributed by atoms with E-state index in [4.69, 9.17) is 11.6 Å². The largest absolute Gasteiger partial charge is 0.381 e. The minimum absolute atomic E-state index is 0.726.